The number of benzene rings is 2. The van der Waals surface area contributed by atoms with Gasteiger partial charge in [0.25, 0.3) is 5.56 Å². The van der Waals surface area contributed by atoms with E-state index in [1.54, 1.807) is 21.0 Å². The first kappa shape index (κ1) is 27.5. The van der Waals surface area contributed by atoms with Crippen LogP contribution >= 0.6 is 0 Å². The number of aromatic amines is 1. The third-order valence-electron chi connectivity index (χ3n) is 6.86. The molecule has 2 aromatic carbocycles. The molecule has 7 nitrogen and oxygen atoms in total. The smallest absolute Gasteiger partial charge is 0.293 e. The summed E-state index contributed by atoms with van der Waals surface area (Å²) in [7, 11) is 1.76. The van der Waals surface area contributed by atoms with Crippen molar-refractivity contribution < 1.29 is 14.2 Å². The number of H-pyrrole nitrogens is 1. The largest absolute Gasteiger partial charge is 0.502 e. The first-order valence-corrected chi connectivity index (χ1v) is 12.8. The predicted molar refractivity (Wildman–Crippen MR) is 146 cm³/mol. The average molecular weight is 519 g/mol. The highest BCUT2D eigenvalue weighted by Gasteiger charge is 2.26. The number of methoxy groups -OCH3 is 1. The predicted octanol–water partition coefficient (Wildman–Crippen LogP) is 3.37. The lowest BCUT2D eigenvalue weighted by Crippen LogP contribution is -2.50. The number of nitrogens with one attached hydrogen (secondary N) is 2. The quantitative estimate of drug-likeness (QED) is 0.357. The van der Waals surface area contributed by atoms with Gasteiger partial charge in [0.2, 0.25) is 5.75 Å². The second-order valence-corrected chi connectivity index (χ2v) is 10.4. The molecule has 8 heteroatoms. The van der Waals surface area contributed by atoms with E-state index in [-0.39, 0.29) is 11.7 Å². The van der Waals surface area contributed by atoms with Crippen LogP contribution in [-0.2, 0) is 17.7 Å². The van der Waals surface area contributed by atoms with Crippen LogP contribution < -0.4 is 10.9 Å². The number of alkyl halides is 1. The highest BCUT2D eigenvalue weighted by atomic mass is 19.1. The molecule has 1 saturated heterocycles. The van der Waals surface area contributed by atoms with Gasteiger partial charge >= 0.3 is 0 Å². The number of aromatic hydroxyl groups is 1. The van der Waals surface area contributed by atoms with E-state index in [4.69, 9.17) is 4.74 Å². The number of likely N-dealkylation sites (tertiary alicyclic amines) is 1. The Morgan fingerprint density at radius 1 is 1.16 bits per heavy atom. The zero-order valence-corrected chi connectivity index (χ0v) is 22.1. The molecule has 1 fully saturated rings. The molecule has 200 valence electrons. The van der Waals surface area contributed by atoms with E-state index in [1.807, 2.05) is 36.4 Å². The third-order valence-corrected chi connectivity index (χ3v) is 6.86. The zero-order chi connectivity index (χ0) is 27.1. The zero-order valence-electron chi connectivity index (χ0n) is 22.1. The standard InChI is InChI=1S/C30H35FN4O3/c1-30(2,19-31)34-15-25(14-27-28(36)29(37)33-20-32-27)24-12-10-22(11-13-24)5-4-21-6-8-23(9-7-21)16-35-17-26(18-35)38-3/h6-13,20,25-26,34,36H,14-19H2,1-3H3,(H,32,33,37). The van der Waals surface area contributed by atoms with Gasteiger partial charge in [-0.2, -0.15) is 0 Å². The van der Waals surface area contributed by atoms with Crippen LogP contribution in [-0.4, -0.2) is 65.0 Å². The highest BCUT2D eigenvalue weighted by molar-refractivity contribution is 5.44. The molecule has 0 spiro atoms. The second kappa shape index (κ2) is 12.4. The van der Waals surface area contributed by atoms with Crippen molar-refractivity contribution in [3.05, 3.63) is 93.2 Å². The molecule has 1 aliphatic rings. The Balaban J connectivity index is 1.43. The van der Waals surface area contributed by atoms with Gasteiger partial charge < -0.3 is 20.1 Å². The normalized spacial score (nSPS) is 14.9. The molecule has 38 heavy (non-hydrogen) atoms. The van der Waals surface area contributed by atoms with Crippen molar-refractivity contribution in [3.63, 3.8) is 0 Å². The van der Waals surface area contributed by atoms with Crippen LogP contribution in [0.5, 0.6) is 5.75 Å². The van der Waals surface area contributed by atoms with E-state index in [0.29, 0.717) is 24.8 Å². The summed E-state index contributed by atoms with van der Waals surface area (Å²) >= 11 is 0. The first-order chi connectivity index (χ1) is 18.3. The molecule has 2 heterocycles. The number of hydrogen-bond acceptors (Lipinski definition) is 6. The van der Waals surface area contributed by atoms with Gasteiger partial charge in [0.1, 0.15) is 6.67 Å². The Kier molecular flexibility index (Phi) is 8.95. The van der Waals surface area contributed by atoms with Crippen LogP contribution in [0.15, 0.2) is 59.7 Å². The van der Waals surface area contributed by atoms with Gasteiger partial charge in [-0.15, -0.1) is 0 Å². The number of hydrogen-bond donors (Lipinski definition) is 3. The average Bonchev–Trinajstić information content (AvgIpc) is 2.90. The maximum atomic E-state index is 13.4. The lowest BCUT2D eigenvalue weighted by atomic mass is 9.92. The van der Waals surface area contributed by atoms with E-state index >= 15 is 0 Å². The molecular weight excluding hydrogens is 483 g/mol. The Morgan fingerprint density at radius 2 is 1.79 bits per heavy atom. The Labute approximate surface area is 223 Å². The summed E-state index contributed by atoms with van der Waals surface area (Å²) < 4.78 is 18.7. The van der Waals surface area contributed by atoms with E-state index in [1.165, 1.54) is 11.9 Å². The van der Waals surface area contributed by atoms with E-state index in [0.717, 1.165) is 36.3 Å². The summed E-state index contributed by atoms with van der Waals surface area (Å²) in [6.45, 7) is 6.37. The van der Waals surface area contributed by atoms with Gasteiger partial charge in [-0.05, 0) is 49.2 Å². The Morgan fingerprint density at radius 3 is 2.39 bits per heavy atom. The van der Waals surface area contributed by atoms with Gasteiger partial charge in [0.05, 0.1) is 18.1 Å². The maximum absolute atomic E-state index is 13.4. The van der Waals surface area contributed by atoms with Crippen molar-refractivity contribution in [2.75, 3.05) is 33.4 Å². The van der Waals surface area contributed by atoms with Gasteiger partial charge in [-0.25, -0.2) is 9.37 Å². The minimum Gasteiger partial charge on any atom is -0.502 e. The molecule has 1 aliphatic heterocycles. The van der Waals surface area contributed by atoms with Gasteiger partial charge in [0.15, 0.2) is 0 Å². The van der Waals surface area contributed by atoms with E-state index in [9.17, 15) is 14.3 Å². The number of ether oxygens (including phenoxy) is 1. The fourth-order valence-corrected chi connectivity index (χ4v) is 4.30. The van der Waals surface area contributed by atoms with E-state index in [2.05, 4.69) is 44.2 Å². The lowest BCUT2D eigenvalue weighted by molar-refractivity contribution is -0.0333. The van der Waals surface area contributed by atoms with Gasteiger partial charge in [-0.3, -0.25) is 9.69 Å². The van der Waals surface area contributed by atoms with Crippen molar-refractivity contribution in [1.82, 2.24) is 20.2 Å². The molecule has 1 unspecified atom stereocenters. The van der Waals surface area contributed by atoms with Crippen molar-refractivity contribution in [1.29, 1.82) is 0 Å². The third kappa shape index (κ3) is 7.29. The van der Waals surface area contributed by atoms with Crippen LogP contribution in [0.3, 0.4) is 0 Å². The molecule has 1 aromatic heterocycles. The maximum Gasteiger partial charge on any atom is 0.293 e. The molecule has 3 N–H and O–H groups in total. The second-order valence-electron chi connectivity index (χ2n) is 10.4. The van der Waals surface area contributed by atoms with Crippen LogP contribution in [0.1, 0.15) is 47.7 Å². The van der Waals surface area contributed by atoms with Crippen molar-refractivity contribution in [2.24, 2.45) is 0 Å². The lowest BCUT2D eigenvalue weighted by Gasteiger charge is -2.38. The fourth-order valence-electron chi connectivity index (χ4n) is 4.30. The first-order valence-electron chi connectivity index (χ1n) is 12.8. The minimum atomic E-state index is -0.690. The summed E-state index contributed by atoms with van der Waals surface area (Å²) in [4.78, 5) is 20.7. The SMILES string of the molecule is COC1CN(Cc2ccc(C#Cc3ccc(C(CNC(C)(C)CF)Cc4nc[nH]c(=O)c4O)cc3)cc2)C1. The number of nitrogens with zero attached hydrogens (tertiary/aromatic N) is 2. The van der Waals surface area contributed by atoms with Crippen LogP contribution in [0.2, 0.25) is 0 Å². The molecule has 0 aliphatic carbocycles. The van der Waals surface area contributed by atoms with Crippen LogP contribution in [0.25, 0.3) is 0 Å². The topological polar surface area (TPSA) is 90.5 Å². The molecule has 1 atom stereocenters. The molecule has 4 rings (SSSR count). The summed E-state index contributed by atoms with van der Waals surface area (Å²) in [6, 6.07) is 16.2. The summed E-state index contributed by atoms with van der Waals surface area (Å²) in [6.07, 6.45) is 1.96. The van der Waals surface area contributed by atoms with Gasteiger partial charge in [0, 0.05) is 62.3 Å². The summed E-state index contributed by atoms with van der Waals surface area (Å²) in [5.74, 6) is 5.91. The van der Waals surface area contributed by atoms with Crippen LogP contribution in [0, 0.1) is 11.8 Å². The van der Waals surface area contributed by atoms with Gasteiger partial charge in [-0.1, -0.05) is 36.1 Å². The van der Waals surface area contributed by atoms with Crippen LogP contribution in [0.4, 0.5) is 4.39 Å². The summed E-state index contributed by atoms with van der Waals surface area (Å²) in [5.41, 5.74) is 3.09. The molecule has 0 bridgehead atoms. The van der Waals surface area contributed by atoms with Crippen molar-refractivity contribution in [2.45, 2.75) is 44.4 Å². The monoisotopic (exact) mass is 518 g/mol. The molecular formula is C30H35FN4O3. The fraction of sp³-hybridized carbons (Fsp3) is 0.400. The molecule has 0 saturated carbocycles. The number of halogens is 1. The number of rotatable bonds is 10. The van der Waals surface area contributed by atoms with Crippen molar-refractivity contribution in [3.8, 4) is 17.6 Å². The molecule has 3 aromatic rings. The molecule has 0 amide bonds. The Hall–Kier alpha value is -3.51. The Bertz CT molecular complexity index is 1320. The highest BCUT2D eigenvalue weighted by Crippen LogP contribution is 2.24. The minimum absolute atomic E-state index is 0.138. The number of aromatic nitrogens is 2. The van der Waals surface area contributed by atoms with Crippen molar-refractivity contribution >= 4 is 0 Å². The summed E-state index contributed by atoms with van der Waals surface area (Å²) in [5, 5.41) is 13.4. The van der Waals surface area contributed by atoms with E-state index < -0.39 is 17.8 Å². The molecule has 0 radical (unpaired) electrons.